The number of para-hydroxylation sites is 3. The van der Waals surface area contributed by atoms with Crippen molar-refractivity contribution in [3.05, 3.63) is 95.3 Å². The van der Waals surface area contributed by atoms with Crippen molar-refractivity contribution in [2.24, 2.45) is 7.05 Å². The van der Waals surface area contributed by atoms with E-state index in [9.17, 15) is 14.4 Å². The van der Waals surface area contributed by atoms with Crippen molar-refractivity contribution in [2.45, 2.75) is 25.0 Å². The first kappa shape index (κ1) is 21.8. The summed E-state index contributed by atoms with van der Waals surface area (Å²) in [5, 5.41) is 0. The molecule has 0 N–H and O–H groups in total. The quantitative estimate of drug-likeness (QED) is 0.433. The Labute approximate surface area is 213 Å². The Bertz CT molecular complexity index is 1610. The van der Waals surface area contributed by atoms with Gasteiger partial charge in [0.1, 0.15) is 18.5 Å². The summed E-state index contributed by atoms with van der Waals surface area (Å²) in [6.07, 6.45) is 1.04. The number of benzene rings is 3. The molecule has 7 rings (SSSR count). The maximum absolute atomic E-state index is 13.9. The van der Waals surface area contributed by atoms with Gasteiger partial charge < -0.3 is 14.4 Å². The molecular weight excluding hydrogens is 466 g/mol. The van der Waals surface area contributed by atoms with Gasteiger partial charge in [0, 0.05) is 24.7 Å². The minimum Gasteiger partial charge on any atom is -0.331 e. The third-order valence-electron chi connectivity index (χ3n) is 7.88. The molecule has 4 heterocycles. The topological polar surface area (TPSA) is 78.8 Å². The van der Waals surface area contributed by atoms with Crippen LogP contribution in [0.1, 0.15) is 57.2 Å². The lowest BCUT2D eigenvalue weighted by Gasteiger charge is -2.41. The molecule has 1 saturated heterocycles. The molecule has 0 bridgehead atoms. The van der Waals surface area contributed by atoms with Gasteiger partial charge in [-0.2, -0.15) is 0 Å². The van der Waals surface area contributed by atoms with Crippen LogP contribution in [0.15, 0.2) is 72.8 Å². The van der Waals surface area contributed by atoms with E-state index in [0.29, 0.717) is 23.4 Å². The van der Waals surface area contributed by atoms with Crippen LogP contribution in [-0.4, -0.2) is 50.2 Å². The molecule has 3 aliphatic rings. The van der Waals surface area contributed by atoms with Crippen molar-refractivity contribution >= 4 is 34.4 Å². The maximum atomic E-state index is 13.9. The molecule has 3 amide bonds. The van der Waals surface area contributed by atoms with Crippen molar-refractivity contribution in [2.75, 3.05) is 18.0 Å². The Hall–Kier alpha value is -4.46. The summed E-state index contributed by atoms with van der Waals surface area (Å²) in [6, 6.07) is 22.3. The monoisotopic (exact) mass is 491 g/mol. The van der Waals surface area contributed by atoms with Gasteiger partial charge in [0.05, 0.1) is 28.3 Å². The first-order chi connectivity index (χ1) is 18.0. The molecule has 0 unspecified atom stereocenters. The molecule has 4 aromatic rings. The summed E-state index contributed by atoms with van der Waals surface area (Å²) < 4.78 is 2.06. The highest BCUT2D eigenvalue weighted by atomic mass is 16.2. The van der Waals surface area contributed by atoms with Gasteiger partial charge in [0.25, 0.3) is 11.8 Å². The van der Waals surface area contributed by atoms with Crippen molar-refractivity contribution < 1.29 is 14.4 Å². The summed E-state index contributed by atoms with van der Waals surface area (Å²) in [6.45, 7) is 0.492. The molecule has 2 atom stereocenters. The Balaban J connectivity index is 1.25. The van der Waals surface area contributed by atoms with E-state index >= 15 is 0 Å². The first-order valence-electron chi connectivity index (χ1n) is 12.6. The van der Waals surface area contributed by atoms with Crippen LogP contribution in [-0.2, 0) is 11.8 Å². The van der Waals surface area contributed by atoms with E-state index in [1.165, 1.54) is 0 Å². The Morgan fingerprint density at radius 2 is 1.65 bits per heavy atom. The molecule has 1 aromatic heterocycles. The molecule has 8 heteroatoms. The molecule has 8 nitrogen and oxygen atoms in total. The lowest BCUT2D eigenvalue weighted by molar-refractivity contribution is -0.133. The van der Waals surface area contributed by atoms with E-state index in [-0.39, 0.29) is 30.3 Å². The summed E-state index contributed by atoms with van der Waals surface area (Å²) in [7, 11) is 1.98. The van der Waals surface area contributed by atoms with E-state index in [0.717, 1.165) is 35.3 Å². The third-order valence-corrected chi connectivity index (χ3v) is 7.88. The Morgan fingerprint density at radius 3 is 2.49 bits per heavy atom. The molecule has 0 spiro atoms. The van der Waals surface area contributed by atoms with Crippen LogP contribution >= 0.6 is 0 Å². The van der Waals surface area contributed by atoms with Gasteiger partial charge in [-0.15, -0.1) is 0 Å². The smallest absolute Gasteiger partial charge is 0.260 e. The second-order valence-electron chi connectivity index (χ2n) is 9.85. The van der Waals surface area contributed by atoms with E-state index in [4.69, 9.17) is 4.98 Å². The number of aryl methyl sites for hydroxylation is 1. The number of aromatic nitrogens is 2. The molecule has 1 fully saturated rings. The summed E-state index contributed by atoms with van der Waals surface area (Å²) >= 11 is 0. The van der Waals surface area contributed by atoms with Crippen LogP contribution in [0.25, 0.3) is 11.0 Å². The number of hydrogen-bond acceptors (Lipinski definition) is 4. The average molecular weight is 492 g/mol. The second-order valence-corrected chi connectivity index (χ2v) is 9.85. The number of nitrogens with zero attached hydrogens (tertiary/aromatic N) is 5. The number of rotatable bonds is 3. The number of fused-ring (bicyclic) bond motifs is 6. The minimum atomic E-state index is -0.646. The van der Waals surface area contributed by atoms with Gasteiger partial charge in [0.2, 0.25) is 5.91 Å². The van der Waals surface area contributed by atoms with Gasteiger partial charge in [-0.05, 0) is 43.2 Å². The molecular formula is C29H25N5O3. The summed E-state index contributed by atoms with van der Waals surface area (Å²) in [5.74, 6) is 0.314. The van der Waals surface area contributed by atoms with Gasteiger partial charge in [-0.25, -0.2) is 4.98 Å². The largest absolute Gasteiger partial charge is 0.331 e. The fourth-order valence-corrected chi connectivity index (χ4v) is 6.17. The molecule has 37 heavy (non-hydrogen) atoms. The van der Waals surface area contributed by atoms with Crippen molar-refractivity contribution in [3.63, 3.8) is 0 Å². The van der Waals surface area contributed by atoms with Crippen molar-refractivity contribution in [1.29, 1.82) is 0 Å². The van der Waals surface area contributed by atoms with Gasteiger partial charge >= 0.3 is 0 Å². The zero-order valence-electron chi connectivity index (χ0n) is 20.4. The zero-order chi connectivity index (χ0) is 25.3. The van der Waals surface area contributed by atoms with Gasteiger partial charge in [-0.3, -0.25) is 19.3 Å². The molecule has 3 aliphatic heterocycles. The number of amides is 3. The van der Waals surface area contributed by atoms with Crippen LogP contribution in [0.5, 0.6) is 0 Å². The lowest BCUT2D eigenvalue weighted by atomic mass is 10.0. The van der Waals surface area contributed by atoms with Gasteiger partial charge in [0.15, 0.2) is 0 Å². The standard InChI is InChI=1S/C29H25N5O3/c1-31-23-14-7-5-12-21(23)30-26(31)24-15-8-16-32(24)25(35)17-33-27-18-9-2-3-10-19(18)29(37)34(27)22-13-6-4-11-20(22)28(33)36/h2-7,9-14,24,27H,8,15-17H2,1H3/t24-,27+/m0/s1. The van der Waals surface area contributed by atoms with E-state index in [1.54, 1.807) is 34.1 Å². The highest BCUT2D eigenvalue weighted by Crippen LogP contribution is 2.45. The van der Waals surface area contributed by atoms with Crippen LogP contribution in [0.3, 0.4) is 0 Å². The Kier molecular flexibility index (Phi) is 4.73. The number of carbonyl (C=O) groups excluding carboxylic acids is 3. The number of likely N-dealkylation sites (tertiary alicyclic amines) is 1. The molecule has 184 valence electrons. The van der Waals surface area contributed by atoms with Crippen LogP contribution in [0, 0.1) is 0 Å². The van der Waals surface area contributed by atoms with E-state index in [1.807, 2.05) is 60.5 Å². The zero-order valence-corrected chi connectivity index (χ0v) is 20.4. The summed E-state index contributed by atoms with van der Waals surface area (Å²) in [4.78, 5) is 50.9. The lowest BCUT2D eigenvalue weighted by Crippen LogP contribution is -2.52. The highest BCUT2D eigenvalue weighted by molar-refractivity contribution is 6.17. The maximum Gasteiger partial charge on any atom is 0.260 e. The third kappa shape index (κ3) is 3.08. The molecule has 0 aliphatic carbocycles. The number of carbonyl (C=O) groups is 3. The predicted octanol–water partition coefficient (Wildman–Crippen LogP) is 4.05. The SMILES string of the molecule is Cn1c([C@@H]2CCCN2C(=O)CN2C(=O)c3ccccc3N3C(=O)c4ccccc4[C@H]23)nc2ccccc21. The van der Waals surface area contributed by atoms with Gasteiger partial charge in [-0.1, -0.05) is 42.5 Å². The fourth-order valence-electron chi connectivity index (χ4n) is 6.17. The minimum absolute atomic E-state index is 0.115. The number of imidazole rings is 1. The molecule has 3 aromatic carbocycles. The Morgan fingerprint density at radius 1 is 0.919 bits per heavy atom. The van der Waals surface area contributed by atoms with E-state index < -0.39 is 6.17 Å². The molecule has 0 radical (unpaired) electrons. The summed E-state index contributed by atoms with van der Waals surface area (Å²) in [5.41, 5.74) is 4.25. The number of hydrogen-bond donors (Lipinski definition) is 0. The van der Waals surface area contributed by atoms with Crippen LogP contribution < -0.4 is 4.90 Å². The normalized spacial score (nSPS) is 20.4. The van der Waals surface area contributed by atoms with Crippen LogP contribution in [0.2, 0.25) is 0 Å². The molecule has 0 saturated carbocycles. The number of anilines is 1. The fraction of sp³-hybridized carbons (Fsp3) is 0.241. The first-order valence-corrected chi connectivity index (χ1v) is 12.6. The second kappa shape index (κ2) is 8.03. The van der Waals surface area contributed by atoms with E-state index in [2.05, 4.69) is 4.57 Å². The highest BCUT2D eigenvalue weighted by Gasteiger charge is 2.48. The average Bonchev–Trinajstić information content (AvgIpc) is 3.62. The van der Waals surface area contributed by atoms with Crippen LogP contribution in [0.4, 0.5) is 5.69 Å². The van der Waals surface area contributed by atoms with Crippen molar-refractivity contribution in [3.8, 4) is 0 Å². The predicted molar refractivity (Wildman–Crippen MR) is 138 cm³/mol. The van der Waals surface area contributed by atoms with Crippen molar-refractivity contribution in [1.82, 2.24) is 19.4 Å².